The first-order chi connectivity index (χ1) is 21.8. The molecule has 0 saturated carbocycles. The van der Waals surface area contributed by atoms with E-state index < -0.39 is 0 Å². The molecule has 9 aromatic carbocycles. The van der Waals surface area contributed by atoms with Crippen molar-refractivity contribution >= 4 is 53.9 Å². The van der Waals surface area contributed by atoms with Gasteiger partial charge in [0.25, 0.3) is 0 Å². The van der Waals surface area contributed by atoms with Crippen LogP contribution in [0.4, 0.5) is 0 Å². The zero-order valence-electron chi connectivity index (χ0n) is 24.2. The summed E-state index contributed by atoms with van der Waals surface area (Å²) in [4.78, 5) is 0. The SMILES string of the molecule is c1ccc2cc(-c3cccc4c(-c5c6ccccc6c(-c6ccc7ccccc7c6)c6ccccc56)cccc34)ccc2c1. The predicted molar refractivity (Wildman–Crippen MR) is 190 cm³/mol. The van der Waals surface area contributed by atoms with Gasteiger partial charge in [0.15, 0.2) is 0 Å². The van der Waals surface area contributed by atoms with Crippen LogP contribution >= 0.6 is 0 Å². The molecule has 0 spiro atoms. The van der Waals surface area contributed by atoms with Gasteiger partial charge in [-0.3, -0.25) is 0 Å². The average Bonchev–Trinajstić information content (AvgIpc) is 3.09. The molecule has 0 saturated heterocycles. The van der Waals surface area contributed by atoms with Gasteiger partial charge in [-0.2, -0.15) is 0 Å². The molecular weight excluding hydrogens is 528 g/mol. The normalized spacial score (nSPS) is 11.6. The van der Waals surface area contributed by atoms with E-state index in [9.17, 15) is 0 Å². The van der Waals surface area contributed by atoms with E-state index in [1.165, 1.54) is 87.2 Å². The minimum atomic E-state index is 1.24. The summed E-state index contributed by atoms with van der Waals surface area (Å²) in [5, 5.41) is 12.7. The molecule has 0 unspecified atom stereocenters. The largest absolute Gasteiger partial charge is 0.0616 e. The first-order valence-corrected chi connectivity index (χ1v) is 15.3. The maximum atomic E-state index is 2.34. The number of hydrogen-bond donors (Lipinski definition) is 0. The topological polar surface area (TPSA) is 0 Å². The highest BCUT2D eigenvalue weighted by Gasteiger charge is 2.18. The van der Waals surface area contributed by atoms with Crippen molar-refractivity contribution in [1.82, 2.24) is 0 Å². The standard InChI is InChI=1S/C44H28/c1-3-13-31-27-33(25-23-29(31)11-1)35-19-9-21-37-36(35)20-10-22-38(37)44-41-17-7-5-15-39(41)43(40-16-6-8-18-42(40)44)34-26-24-30-12-2-4-14-32(30)28-34/h1-28H. The van der Waals surface area contributed by atoms with Crippen molar-refractivity contribution in [1.29, 1.82) is 0 Å². The Labute approximate surface area is 256 Å². The Morgan fingerprint density at radius 2 is 0.636 bits per heavy atom. The van der Waals surface area contributed by atoms with E-state index in [4.69, 9.17) is 0 Å². The van der Waals surface area contributed by atoms with Crippen LogP contribution in [0.1, 0.15) is 0 Å². The summed E-state index contributed by atoms with van der Waals surface area (Å²) < 4.78 is 0. The Morgan fingerprint density at radius 1 is 0.227 bits per heavy atom. The first kappa shape index (κ1) is 24.8. The molecule has 0 heterocycles. The summed E-state index contributed by atoms with van der Waals surface area (Å²) in [6, 6.07) is 62.4. The van der Waals surface area contributed by atoms with Crippen molar-refractivity contribution in [2.75, 3.05) is 0 Å². The molecular formula is C44H28. The highest BCUT2D eigenvalue weighted by molar-refractivity contribution is 6.24. The Bertz CT molecular complexity index is 2490. The Kier molecular flexibility index (Phi) is 5.61. The third-order valence-electron chi connectivity index (χ3n) is 9.22. The summed E-state index contributed by atoms with van der Waals surface area (Å²) in [5.41, 5.74) is 7.61. The number of rotatable bonds is 3. The molecule has 0 aliphatic carbocycles. The van der Waals surface area contributed by atoms with Gasteiger partial charge in [0.2, 0.25) is 0 Å². The van der Waals surface area contributed by atoms with Gasteiger partial charge in [0.1, 0.15) is 0 Å². The second-order valence-electron chi connectivity index (χ2n) is 11.7. The maximum Gasteiger partial charge on any atom is -0.00201 e. The van der Waals surface area contributed by atoms with Crippen LogP contribution in [0.15, 0.2) is 170 Å². The van der Waals surface area contributed by atoms with Gasteiger partial charge in [-0.15, -0.1) is 0 Å². The Hall–Kier alpha value is -5.72. The minimum absolute atomic E-state index is 1.24. The van der Waals surface area contributed by atoms with Gasteiger partial charge in [0.05, 0.1) is 0 Å². The average molecular weight is 557 g/mol. The molecule has 9 aromatic rings. The van der Waals surface area contributed by atoms with Crippen LogP contribution in [0.25, 0.3) is 87.2 Å². The summed E-state index contributed by atoms with van der Waals surface area (Å²) in [6.07, 6.45) is 0. The van der Waals surface area contributed by atoms with E-state index in [0.29, 0.717) is 0 Å². The smallest absolute Gasteiger partial charge is 0.00201 e. The quantitative estimate of drug-likeness (QED) is 0.190. The second kappa shape index (κ2) is 9.93. The zero-order chi connectivity index (χ0) is 29.0. The van der Waals surface area contributed by atoms with Crippen molar-refractivity contribution in [3.8, 4) is 33.4 Å². The molecule has 0 heteroatoms. The van der Waals surface area contributed by atoms with Crippen molar-refractivity contribution in [3.63, 3.8) is 0 Å². The zero-order valence-corrected chi connectivity index (χ0v) is 24.2. The summed E-state index contributed by atoms with van der Waals surface area (Å²) in [7, 11) is 0. The Balaban J connectivity index is 1.34. The van der Waals surface area contributed by atoms with E-state index in [1.807, 2.05) is 0 Å². The van der Waals surface area contributed by atoms with E-state index in [2.05, 4.69) is 170 Å². The summed E-state index contributed by atoms with van der Waals surface area (Å²) >= 11 is 0. The van der Waals surface area contributed by atoms with Crippen LogP contribution in [-0.4, -0.2) is 0 Å². The van der Waals surface area contributed by atoms with Crippen molar-refractivity contribution in [2.24, 2.45) is 0 Å². The number of hydrogen-bond acceptors (Lipinski definition) is 0. The molecule has 9 rings (SSSR count). The minimum Gasteiger partial charge on any atom is -0.0616 e. The lowest BCUT2D eigenvalue weighted by atomic mass is 9.84. The maximum absolute atomic E-state index is 2.34. The molecule has 0 aliphatic heterocycles. The summed E-state index contributed by atoms with van der Waals surface area (Å²) in [6.45, 7) is 0. The lowest BCUT2D eigenvalue weighted by Gasteiger charge is -2.19. The van der Waals surface area contributed by atoms with Crippen LogP contribution in [0.2, 0.25) is 0 Å². The fraction of sp³-hybridized carbons (Fsp3) is 0. The number of benzene rings is 9. The molecule has 0 aromatic heterocycles. The van der Waals surface area contributed by atoms with Crippen molar-refractivity contribution in [3.05, 3.63) is 170 Å². The molecule has 204 valence electrons. The van der Waals surface area contributed by atoms with Crippen LogP contribution in [0.5, 0.6) is 0 Å². The second-order valence-corrected chi connectivity index (χ2v) is 11.7. The molecule has 0 atom stereocenters. The van der Waals surface area contributed by atoms with E-state index in [0.717, 1.165) is 0 Å². The van der Waals surface area contributed by atoms with Gasteiger partial charge < -0.3 is 0 Å². The van der Waals surface area contributed by atoms with Crippen molar-refractivity contribution in [2.45, 2.75) is 0 Å². The fourth-order valence-electron chi connectivity index (χ4n) is 7.21. The molecule has 0 N–H and O–H groups in total. The van der Waals surface area contributed by atoms with Gasteiger partial charge in [-0.05, 0) is 99.4 Å². The van der Waals surface area contributed by atoms with Crippen LogP contribution in [0.3, 0.4) is 0 Å². The van der Waals surface area contributed by atoms with Crippen LogP contribution in [-0.2, 0) is 0 Å². The predicted octanol–water partition coefficient (Wildman–Crippen LogP) is 12.5. The third kappa shape index (κ3) is 3.85. The van der Waals surface area contributed by atoms with Gasteiger partial charge in [0, 0.05) is 0 Å². The highest BCUT2D eigenvalue weighted by atomic mass is 14.2. The monoisotopic (exact) mass is 556 g/mol. The Morgan fingerprint density at radius 3 is 1.23 bits per heavy atom. The lowest BCUT2D eigenvalue weighted by molar-refractivity contribution is 1.66. The molecule has 0 aliphatic rings. The third-order valence-corrected chi connectivity index (χ3v) is 9.22. The van der Waals surface area contributed by atoms with Crippen LogP contribution < -0.4 is 0 Å². The molecule has 0 nitrogen and oxygen atoms in total. The van der Waals surface area contributed by atoms with Crippen molar-refractivity contribution < 1.29 is 0 Å². The van der Waals surface area contributed by atoms with E-state index >= 15 is 0 Å². The van der Waals surface area contributed by atoms with Crippen LogP contribution in [0, 0.1) is 0 Å². The molecule has 44 heavy (non-hydrogen) atoms. The van der Waals surface area contributed by atoms with E-state index in [-0.39, 0.29) is 0 Å². The van der Waals surface area contributed by atoms with Gasteiger partial charge in [-0.25, -0.2) is 0 Å². The summed E-state index contributed by atoms with van der Waals surface area (Å²) in [5.74, 6) is 0. The molecule has 0 bridgehead atoms. The molecule has 0 radical (unpaired) electrons. The fourth-order valence-corrected chi connectivity index (χ4v) is 7.21. The highest BCUT2D eigenvalue weighted by Crippen LogP contribution is 2.46. The first-order valence-electron chi connectivity index (χ1n) is 15.3. The van der Waals surface area contributed by atoms with Gasteiger partial charge in [-0.1, -0.05) is 158 Å². The molecule has 0 fully saturated rings. The molecule has 0 amide bonds. The number of fused-ring (bicyclic) bond motifs is 5. The lowest BCUT2D eigenvalue weighted by Crippen LogP contribution is -1.92. The van der Waals surface area contributed by atoms with E-state index in [1.54, 1.807) is 0 Å². The van der Waals surface area contributed by atoms with Gasteiger partial charge >= 0.3 is 0 Å².